The molecule has 1 aliphatic heterocycles. The third-order valence-corrected chi connectivity index (χ3v) is 5.35. The van der Waals surface area contributed by atoms with Gasteiger partial charge < -0.3 is 14.8 Å². The molecule has 0 bridgehead atoms. The van der Waals surface area contributed by atoms with Crippen molar-refractivity contribution >= 4 is 17.1 Å². The smallest absolute Gasteiger partial charge is 0.251 e. The standard InChI is InChI=1S/C23H29N5O/c1-17(2)16-28-21(26-20-9-6-10-24-22(20)28)18-7-5-8-19(15-18)23(29)25-11-14-27-12-3-4-13-27/h5-10,15,17H,3-4,11-14,16H2,1-2H3,(H,25,29). The van der Waals surface area contributed by atoms with Gasteiger partial charge in [-0.1, -0.05) is 26.0 Å². The Labute approximate surface area is 172 Å². The van der Waals surface area contributed by atoms with Crippen LogP contribution in [0.5, 0.6) is 0 Å². The molecular formula is C23H29N5O. The predicted molar refractivity (Wildman–Crippen MR) is 116 cm³/mol. The Morgan fingerprint density at radius 3 is 2.79 bits per heavy atom. The van der Waals surface area contributed by atoms with Gasteiger partial charge in [0.15, 0.2) is 5.65 Å². The van der Waals surface area contributed by atoms with E-state index in [1.54, 1.807) is 6.20 Å². The Morgan fingerprint density at radius 2 is 2.00 bits per heavy atom. The van der Waals surface area contributed by atoms with E-state index in [0.29, 0.717) is 18.0 Å². The fourth-order valence-corrected chi connectivity index (χ4v) is 3.95. The lowest BCUT2D eigenvalue weighted by molar-refractivity contribution is 0.0950. The molecule has 1 aromatic carbocycles. The second kappa shape index (κ2) is 8.74. The molecule has 152 valence electrons. The van der Waals surface area contributed by atoms with E-state index in [4.69, 9.17) is 4.98 Å². The lowest BCUT2D eigenvalue weighted by Crippen LogP contribution is -2.33. The molecule has 4 rings (SSSR count). The second-order valence-electron chi connectivity index (χ2n) is 8.17. The zero-order valence-electron chi connectivity index (χ0n) is 17.3. The number of fused-ring (bicyclic) bond motifs is 1. The lowest BCUT2D eigenvalue weighted by atomic mass is 10.1. The largest absolute Gasteiger partial charge is 0.351 e. The number of aromatic nitrogens is 3. The number of nitrogens with one attached hydrogen (secondary N) is 1. The van der Waals surface area contributed by atoms with Crippen LogP contribution in [0.1, 0.15) is 37.0 Å². The summed E-state index contributed by atoms with van der Waals surface area (Å²) in [7, 11) is 0. The summed E-state index contributed by atoms with van der Waals surface area (Å²) in [6, 6.07) is 11.6. The van der Waals surface area contributed by atoms with Crippen LogP contribution in [0, 0.1) is 5.92 Å². The van der Waals surface area contributed by atoms with Crippen LogP contribution in [0.2, 0.25) is 0 Å². The summed E-state index contributed by atoms with van der Waals surface area (Å²) in [5.41, 5.74) is 3.37. The molecule has 1 aliphatic rings. The van der Waals surface area contributed by atoms with E-state index in [2.05, 4.69) is 33.6 Å². The number of hydrogen-bond acceptors (Lipinski definition) is 4. The SMILES string of the molecule is CC(C)Cn1c(-c2cccc(C(=O)NCCN3CCCC3)c2)nc2cccnc21. The summed E-state index contributed by atoms with van der Waals surface area (Å²) >= 11 is 0. The van der Waals surface area contributed by atoms with Crippen molar-refractivity contribution in [1.82, 2.24) is 24.8 Å². The highest BCUT2D eigenvalue weighted by Gasteiger charge is 2.16. The molecule has 0 atom stereocenters. The Morgan fingerprint density at radius 1 is 1.17 bits per heavy atom. The zero-order valence-corrected chi connectivity index (χ0v) is 17.3. The van der Waals surface area contributed by atoms with Crippen molar-refractivity contribution in [1.29, 1.82) is 0 Å². The molecular weight excluding hydrogens is 362 g/mol. The third kappa shape index (κ3) is 4.48. The number of amides is 1. The van der Waals surface area contributed by atoms with Crippen LogP contribution in [0.15, 0.2) is 42.6 Å². The van der Waals surface area contributed by atoms with E-state index in [1.807, 2.05) is 36.4 Å². The molecule has 3 heterocycles. The van der Waals surface area contributed by atoms with Gasteiger partial charge in [0.1, 0.15) is 11.3 Å². The Bertz CT molecular complexity index is 988. The van der Waals surface area contributed by atoms with Crippen molar-refractivity contribution in [3.63, 3.8) is 0 Å². The molecule has 29 heavy (non-hydrogen) atoms. The van der Waals surface area contributed by atoms with Gasteiger partial charge in [0.05, 0.1) is 0 Å². The van der Waals surface area contributed by atoms with Crippen molar-refractivity contribution in [3.8, 4) is 11.4 Å². The average molecular weight is 392 g/mol. The minimum atomic E-state index is -0.0318. The first-order valence-electron chi connectivity index (χ1n) is 10.5. The van der Waals surface area contributed by atoms with Crippen LogP contribution in [0.3, 0.4) is 0 Å². The maximum atomic E-state index is 12.7. The van der Waals surface area contributed by atoms with Gasteiger partial charge in [0.2, 0.25) is 0 Å². The Balaban J connectivity index is 1.56. The molecule has 0 spiro atoms. The summed E-state index contributed by atoms with van der Waals surface area (Å²) in [5.74, 6) is 1.29. The molecule has 2 aromatic heterocycles. The fraction of sp³-hybridized carbons (Fsp3) is 0.435. The van der Waals surface area contributed by atoms with Gasteiger partial charge in [-0.2, -0.15) is 0 Å². The summed E-state index contributed by atoms with van der Waals surface area (Å²) in [6.07, 6.45) is 4.33. The maximum absolute atomic E-state index is 12.7. The fourth-order valence-electron chi connectivity index (χ4n) is 3.95. The Hall–Kier alpha value is -2.73. The summed E-state index contributed by atoms with van der Waals surface area (Å²) < 4.78 is 2.16. The van der Waals surface area contributed by atoms with Gasteiger partial charge in [-0.25, -0.2) is 9.97 Å². The molecule has 0 saturated carbocycles. The first-order chi connectivity index (χ1) is 14.1. The first-order valence-corrected chi connectivity index (χ1v) is 10.5. The van der Waals surface area contributed by atoms with Crippen LogP contribution in [-0.2, 0) is 6.54 Å². The van der Waals surface area contributed by atoms with Crippen LogP contribution in [-0.4, -0.2) is 51.5 Å². The second-order valence-corrected chi connectivity index (χ2v) is 8.17. The molecule has 1 fully saturated rings. The highest BCUT2D eigenvalue weighted by molar-refractivity contribution is 5.95. The first kappa shape index (κ1) is 19.6. The van der Waals surface area contributed by atoms with Crippen LogP contribution >= 0.6 is 0 Å². The topological polar surface area (TPSA) is 63.1 Å². The number of nitrogens with zero attached hydrogens (tertiary/aromatic N) is 4. The van der Waals surface area contributed by atoms with E-state index in [0.717, 1.165) is 48.7 Å². The monoisotopic (exact) mass is 391 g/mol. The van der Waals surface area contributed by atoms with Gasteiger partial charge >= 0.3 is 0 Å². The van der Waals surface area contributed by atoms with Crippen molar-refractivity contribution in [2.75, 3.05) is 26.2 Å². The van der Waals surface area contributed by atoms with Crippen molar-refractivity contribution in [3.05, 3.63) is 48.2 Å². The summed E-state index contributed by atoms with van der Waals surface area (Å²) in [5, 5.41) is 3.06. The molecule has 6 heteroatoms. The highest BCUT2D eigenvalue weighted by Crippen LogP contribution is 2.25. The minimum absolute atomic E-state index is 0.0318. The van der Waals surface area contributed by atoms with Gasteiger partial charge in [-0.3, -0.25) is 4.79 Å². The molecule has 6 nitrogen and oxygen atoms in total. The average Bonchev–Trinajstić information content (AvgIpc) is 3.36. The number of rotatable bonds is 7. The quantitative estimate of drug-likeness (QED) is 0.669. The van der Waals surface area contributed by atoms with E-state index in [-0.39, 0.29) is 5.91 Å². The minimum Gasteiger partial charge on any atom is -0.351 e. The van der Waals surface area contributed by atoms with E-state index >= 15 is 0 Å². The summed E-state index contributed by atoms with van der Waals surface area (Å²) in [6.45, 7) is 9.08. The number of carbonyl (C=O) groups is 1. The van der Waals surface area contributed by atoms with Gasteiger partial charge in [0, 0.05) is 37.0 Å². The normalized spacial score (nSPS) is 14.7. The number of likely N-dealkylation sites (tertiary alicyclic amines) is 1. The van der Waals surface area contributed by atoms with Gasteiger partial charge in [-0.15, -0.1) is 0 Å². The van der Waals surface area contributed by atoms with E-state index < -0.39 is 0 Å². The Kier molecular flexibility index (Phi) is 5.90. The van der Waals surface area contributed by atoms with Crippen LogP contribution in [0.4, 0.5) is 0 Å². The zero-order chi connectivity index (χ0) is 20.2. The molecule has 3 aromatic rings. The van der Waals surface area contributed by atoms with Crippen molar-refractivity contribution < 1.29 is 4.79 Å². The summed E-state index contributed by atoms with van der Waals surface area (Å²) in [4.78, 5) is 24.4. The molecule has 0 unspecified atom stereocenters. The maximum Gasteiger partial charge on any atom is 0.251 e. The number of pyridine rings is 1. The lowest BCUT2D eigenvalue weighted by Gasteiger charge is -2.15. The third-order valence-electron chi connectivity index (χ3n) is 5.35. The molecule has 1 saturated heterocycles. The van der Waals surface area contributed by atoms with Crippen LogP contribution in [0.25, 0.3) is 22.6 Å². The number of benzene rings is 1. The number of hydrogen-bond donors (Lipinski definition) is 1. The number of carbonyl (C=O) groups excluding carboxylic acids is 1. The molecule has 1 N–H and O–H groups in total. The highest BCUT2D eigenvalue weighted by atomic mass is 16.1. The van der Waals surface area contributed by atoms with E-state index in [1.165, 1.54) is 12.8 Å². The van der Waals surface area contributed by atoms with Crippen molar-refractivity contribution in [2.24, 2.45) is 5.92 Å². The predicted octanol–water partition coefficient (Wildman–Crippen LogP) is 3.58. The molecule has 0 radical (unpaired) electrons. The molecule has 1 amide bonds. The van der Waals surface area contributed by atoms with Gasteiger partial charge in [-0.05, 0) is 56.1 Å². The number of imidazole rings is 1. The molecule has 0 aliphatic carbocycles. The van der Waals surface area contributed by atoms with Crippen LogP contribution < -0.4 is 5.32 Å². The van der Waals surface area contributed by atoms with Crippen molar-refractivity contribution in [2.45, 2.75) is 33.2 Å². The van der Waals surface area contributed by atoms with E-state index in [9.17, 15) is 4.79 Å². The van der Waals surface area contributed by atoms with Gasteiger partial charge in [0.25, 0.3) is 5.91 Å².